The Bertz CT molecular complexity index is 377. The van der Waals surface area contributed by atoms with E-state index in [0.717, 1.165) is 12.8 Å². The van der Waals surface area contributed by atoms with Gasteiger partial charge in [0.15, 0.2) is 5.41 Å². The number of carbonyl (C=O) groups is 2. The number of methoxy groups -OCH3 is 2. The van der Waals surface area contributed by atoms with Gasteiger partial charge in [0, 0.05) is 0 Å². The molecule has 0 N–H and O–H groups in total. The Morgan fingerprint density at radius 3 is 1.89 bits per heavy atom. The van der Waals surface area contributed by atoms with Crippen LogP contribution in [0.15, 0.2) is 0 Å². The molecular weight excluding hydrogens is 244 g/mol. The minimum Gasteiger partial charge on any atom is -0.468 e. The van der Waals surface area contributed by atoms with Crippen molar-refractivity contribution in [1.82, 2.24) is 0 Å². The highest BCUT2D eigenvalue weighted by atomic mass is 16.5. The lowest BCUT2D eigenvalue weighted by Gasteiger charge is -2.40. The smallest absolute Gasteiger partial charge is 0.323 e. The van der Waals surface area contributed by atoms with Crippen LogP contribution in [0.25, 0.3) is 0 Å². The molecule has 2 saturated carbocycles. The summed E-state index contributed by atoms with van der Waals surface area (Å²) < 4.78 is 9.79. The number of rotatable bonds is 2. The van der Waals surface area contributed by atoms with Crippen molar-refractivity contribution in [3.8, 4) is 0 Å². The number of carbonyl (C=O) groups excluding carboxylic acids is 2. The number of fused-ring (bicyclic) bond motifs is 2. The zero-order valence-electron chi connectivity index (χ0n) is 12.5. The minimum atomic E-state index is -1.05. The molecule has 2 aliphatic rings. The van der Waals surface area contributed by atoms with Gasteiger partial charge in [-0.15, -0.1) is 0 Å². The first-order valence-corrected chi connectivity index (χ1v) is 6.94. The van der Waals surface area contributed by atoms with Gasteiger partial charge in [0.25, 0.3) is 0 Å². The van der Waals surface area contributed by atoms with E-state index in [2.05, 4.69) is 20.8 Å². The Morgan fingerprint density at radius 2 is 1.58 bits per heavy atom. The molecule has 4 nitrogen and oxygen atoms in total. The summed E-state index contributed by atoms with van der Waals surface area (Å²) in [4.78, 5) is 24.3. The molecule has 0 aromatic rings. The van der Waals surface area contributed by atoms with Crippen LogP contribution in [-0.4, -0.2) is 26.2 Å². The van der Waals surface area contributed by atoms with Gasteiger partial charge in [-0.3, -0.25) is 9.59 Å². The molecular formula is C15H24O4. The van der Waals surface area contributed by atoms with Gasteiger partial charge < -0.3 is 9.47 Å². The molecule has 0 radical (unpaired) electrons. The zero-order chi connectivity index (χ0) is 14.4. The van der Waals surface area contributed by atoms with E-state index in [-0.39, 0.29) is 11.3 Å². The second kappa shape index (κ2) is 4.50. The summed E-state index contributed by atoms with van der Waals surface area (Å²) in [5.74, 6) is 0.225. The van der Waals surface area contributed by atoms with Crippen molar-refractivity contribution in [2.75, 3.05) is 14.2 Å². The van der Waals surface area contributed by atoms with Gasteiger partial charge in [0.2, 0.25) is 0 Å². The molecule has 108 valence electrons. The molecule has 0 heterocycles. The SMILES string of the molecule is COC(=O)C1(C(=O)OC)CC2CC1CC2C(C)(C)C. The van der Waals surface area contributed by atoms with Gasteiger partial charge in [0.05, 0.1) is 14.2 Å². The first-order chi connectivity index (χ1) is 8.77. The van der Waals surface area contributed by atoms with Gasteiger partial charge in [-0.2, -0.15) is 0 Å². The van der Waals surface area contributed by atoms with Crippen LogP contribution in [0.3, 0.4) is 0 Å². The van der Waals surface area contributed by atoms with Crippen LogP contribution in [0.2, 0.25) is 0 Å². The monoisotopic (exact) mass is 268 g/mol. The Kier molecular flexibility index (Phi) is 3.40. The van der Waals surface area contributed by atoms with Crippen molar-refractivity contribution < 1.29 is 19.1 Å². The molecule has 4 heteroatoms. The Labute approximate surface area is 114 Å². The summed E-state index contributed by atoms with van der Waals surface area (Å²) in [6.45, 7) is 6.70. The van der Waals surface area contributed by atoms with E-state index in [4.69, 9.17) is 9.47 Å². The van der Waals surface area contributed by atoms with Gasteiger partial charge in [0.1, 0.15) is 0 Å². The first-order valence-electron chi connectivity index (χ1n) is 6.94. The van der Waals surface area contributed by atoms with Gasteiger partial charge >= 0.3 is 11.9 Å². The van der Waals surface area contributed by atoms with Crippen molar-refractivity contribution in [3.63, 3.8) is 0 Å². The molecule has 0 aromatic carbocycles. The molecule has 0 spiro atoms. The lowest BCUT2D eigenvalue weighted by atomic mass is 9.64. The molecule has 2 aliphatic carbocycles. The fraction of sp³-hybridized carbons (Fsp3) is 0.867. The van der Waals surface area contributed by atoms with Crippen LogP contribution in [0.5, 0.6) is 0 Å². The van der Waals surface area contributed by atoms with E-state index in [1.54, 1.807) is 0 Å². The maximum atomic E-state index is 12.2. The van der Waals surface area contributed by atoms with Crippen LogP contribution in [-0.2, 0) is 19.1 Å². The van der Waals surface area contributed by atoms with Crippen LogP contribution in [0.1, 0.15) is 40.0 Å². The first kappa shape index (κ1) is 14.4. The van der Waals surface area contributed by atoms with E-state index in [1.807, 2.05) is 0 Å². The summed E-state index contributed by atoms with van der Waals surface area (Å²) in [7, 11) is 2.69. The normalized spacial score (nSPS) is 32.2. The van der Waals surface area contributed by atoms with Crippen LogP contribution in [0.4, 0.5) is 0 Å². The lowest BCUT2D eigenvalue weighted by molar-refractivity contribution is -0.174. The fourth-order valence-electron chi connectivity index (χ4n) is 4.34. The quantitative estimate of drug-likeness (QED) is 0.570. The van der Waals surface area contributed by atoms with Crippen molar-refractivity contribution >= 4 is 11.9 Å². The van der Waals surface area contributed by atoms with Crippen molar-refractivity contribution in [2.24, 2.45) is 28.6 Å². The molecule has 3 unspecified atom stereocenters. The third kappa shape index (κ3) is 1.96. The molecule has 0 saturated heterocycles. The summed E-state index contributed by atoms with van der Waals surface area (Å²) in [5, 5.41) is 0. The second-order valence-corrected chi connectivity index (χ2v) is 7.06. The highest BCUT2D eigenvalue weighted by Crippen LogP contribution is 2.62. The average molecular weight is 268 g/mol. The largest absolute Gasteiger partial charge is 0.468 e. The molecule has 3 atom stereocenters. The molecule has 2 fully saturated rings. The standard InChI is InChI=1S/C15H24O4/c1-14(2,3)11-7-10-6-9(11)8-15(10,12(16)18-4)13(17)19-5/h9-11H,6-8H2,1-5H3. The number of hydrogen-bond donors (Lipinski definition) is 0. The molecule has 0 amide bonds. The highest BCUT2D eigenvalue weighted by Gasteiger charge is 2.65. The van der Waals surface area contributed by atoms with Crippen molar-refractivity contribution in [2.45, 2.75) is 40.0 Å². The van der Waals surface area contributed by atoms with Crippen LogP contribution < -0.4 is 0 Å². The third-order valence-electron chi connectivity index (χ3n) is 5.19. The molecule has 0 aliphatic heterocycles. The van der Waals surface area contributed by atoms with Crippen LogP contribution >= 0.6 is 0 Å². The summed E-state index contributed by atoms with van der Waals surface area (Å²) in [6.07, 6.45) is 2.43. The Balaban J connectivity index is 2.29. The summed E-state index contributed by atoms with van der Waals surface area (Å²) in [5.41, 5.74) is -0.826. The maximum Gasteiger partial charge on any atom is 0.323 e. The van der Waals surface area contributed by atoms with Gasteiger partial charge in [-0.1, -0.05) is 20.8 Å². The predicted molar refractivity (Wildman–Crippen MR) is 70.2 cm³/mol. The predicted octanol–water partition coefficient (Wildman–Crippen LogP) is 2.41. The Hall–Kier alpha value is -1.06. The highest BCUT2D eigenvalue weighted by molar-refractivity contribution is 6.01. The molecule has 2 bridgehead atoms. The van der Waals surface area contributed by atoms with E-state index < -0.39 is 17.4 Å². The van der Waals surface area contributed by atoms with E-state index in [0.29, 0.717) is 18.3 Å². The fourth-order valence-corrected chi connectivity index (χ4v) is 4.34. The maximum absolute atomic E-state index is 12.2. The number of ether oxygens (including phenoxy) is 2. The Morgan fingerprint density at radius 1 is 1.05 bits per heavy atom. The topological polar surface area (TPSA) is 52.6 Å². The summed E-state index contributed by atoms with van der Waals surface area (Å²) >= 11 is 0. The lowest BCUT2D eigenvalue weighted by Crippen LogP contribution is -2.47. The zero-order valence-corrected chi connectivity index (χ0v) is 12.5. The van der Waals surface area contributed by atoms with E-state index in [1.165, 1.54) is 14.2 Å². The second-order valence-electron chi connectivity index (χ2n) is 7.06. The van der Waals surface area contributed by atoms with E-state index in [9.17, 15) is 9.59 Å². The minimum absolute atomic E-state index is 0.0709. The van der Waals surface area contributed by atoms with Crippen LogP contribution in [0, 0.1) is 28.6 Å². The van der Waals surface area contributed by atoms with Crippen molar-refractivity contribution in [3.05, 3.63) is 0 Å². The van der Waals surface area contributed by atoms with E-state index >= 15 is 0 Å². The molecule has 19 heavy (non-hydrogen) atoms. The number of esters is 2. The molecule has 2 rings (SSSR count). The average Bonchev–Trinajstić information content (AvgIpc) is 2.93. The molecule has 0 aromatic heterocycles. The third-order valence-corrected chi connectivity index (χ3v) is 5.19. The van der Waals surface area contributed by atoms with Gasteiger partial charge in [-0.05, 0) is 42.4 Å². The van der Waals surface area contributed by atoms with Crippen molar-refractivity contribution in [1.29, 1.82) is 0 Å². The summed E-state index contributed by atoms with van der Waals surface area (Å²) in [6, 6.07) is 0. The number of hydrogen-bond acceptors (Lipinski definition) is 4. The van der Waals surface area contributed by atoms with Gasteiger partial charge in [-0.25, -0.2) is 0 Å².